The number of rotatable bonds is 4. The molecule has 0 spiro atoms. The maximum absolute atomic E-state index is 12.0. The van der Waals surface area contributed by atoms with Crippen LogP contribution in [-0.2, 0) is 14.8 Å². The van der Waals surface area contributed by atoms with Crippen molar-refractivity contribution in [2.45, 2.75) is 4.21 Å². The molecule has 100 valence electrons. The van der Waals surface area contributed by atoms with E-state index in [-0.39, 0.29) is 9.77 Å². The molecule has 0 amide bonds. The second-order valence-corrected chi connectivity index (χ2v) is 6.45. The van der Waals surface area contributed by atoms with E-state index in [0.717, 1.165) is 17.4 Å². The molecule has 1 aromatic rings. The zero-order valence-corrected chi connectivity index (χ0v) is 11.0. The lowest BCUT2D eigenvalue weighted by atomic mass is 10.4. The number of thiophene rings is 1. The number of carbonyl (C=O) groups is 1. The minimum Gasteiger partial charge on any atom is -0.478 e. The summed E-state index contributed by atoms with van der Waals surface area (Å²) in [5.74, 6) is -1.14. The van der Waals surface area contributed by atoms with Gasteiger partial charge in [-0.1, -0.05) is 0 Å². The Morgan fingerprint density at radius 3 is 2.67 bits per heavy atom. The fraction of sp³-hybridized carbons (Fsp3) is 0.444. The van der Waals surface area contributed by atoms with Crippen molar-refractivity contribution in [2.75, 3.05) is 26.3 Å². The second-order valence-electron chi connectivity index (χ2n) is 3.65. The summed E-state index contributed by atoms with van der Waals surface area (Å²) in [5, 5.41) is 11.6. The number of hydrogen-bond donors (Lipinski definition) is 2. The number of aromatic carboxylic acids is 1. The van der Waals surface area contributed by atoms with E-state index in [1.54, 1.807) is 5.01 Å². The SMILES string of the molecule is O=C(O)c1csc(S(=O)(=O)NN2CCOCC2)c1. The molecule has 2 rings (SSSR count). The molecule has 7 nitrogen and oxygen atoms in total. The van der Waals surface area contributed by atoms with Gasteiger partial charge in [0.25, 0.3) is 10.0 Å². The van der Waals surface area contributed by atoms with Crippen LogP contribution in [-0.4, -0.2) is 50.8 Å². The van der Waals surface area contributed by atoms with Crippen LogP contribution < -0.4 is 4.83 Å². The Bertz CT molecular complexity index is 533. The van der Waals surface area contributed by atoms with Gasteiger partial charge in [0.05, 0.1) is 18.8 Å². The molecule has 1 aliphatic rings. The summed E-state index contributed by atoms with van der Waals surface area (Å²) in [6, 6.07) is 1.15. The molecule has 1 aromatic heterocycles. The average Bonchev–Trinajstić information content (AvgIpc) is 2.79. The summed E-state index contributed by atoms with van der Waals surface area (Å²) in [5.41, 5.74) is -0.0256. The third-order valence-electron chi connectivity index (χ3n) is 2.35. The van der Waals surface area contributed by atoms with Gasteiger partial charge in [-0.15, -0.1) is 16.2 Å². The number of ether oxygens (including phenoxy) is 1. The molecule has 0 atom stereocenters. The van der Waals surface area contributed by atoms with Crippen molar-refractivity contribution in [3.05, 3.63) is 17.0 Å². The fourth-order valence-corrected chi connectivity index (χ4v) is 3.70. The van der Waals surface area contributed by atoms with Crippen molar-refractivity contribution in [3.63, 3.8) is 0 Å². The summed E-state index contributed by atoms with van der Waals surface area (Å²) in [6.45, 7) is 1.87. The molecule has 2 heterocycles. The molecular weight excluding hydrogens is 280 g/mol. The minimum atomic E-state index is -3.70. The van der Waals surface area contributed by atoms with Gasteiger partial charge in [0.1, 0.15) is 4.21 Å². The molecule has 0 bridgehead atoms. The van der Waals surface area contributed by atoms with E-state index in [1.807, 2.05) is 0 Å². The third-order valence-corrected chi connectivity index (χ3v) is 5.16. The van der Waals surface area contributed by atoms with Gasteiger partial charge in [-0.3, -0.25) is 0 Å². The molecule has 1 aliphatic heterocycles. The first kappa shape index (κ1) is 13.4. The van der Waals surface area contributed by atoms with E-state index < -0.39 is 16.0 Å². The van der Waals surface area contributed by atoms with Crippen LogP contribution in [0.15, 0.2) is 15.7 Å². The van der Waals surface area contributed by atoms with E-state index in [9.17, 15) is 13.2 Å². The van der Waals surface area contributed by atoms with Crippen LogP contribution >= 0.6 is 11.3 Å². The van der Waals surface area contributed by atoms with Crippen LogP contribution in [0.2, 0.25) is 0 Å². The number of carboxylic acids is 1. The molecule has 0 aromatic carbocycles. The lowest BCUT2D eigenvalue weighted by Gasteiger charge is -2.26. The van der Waals surface area contributed by atoms with E-state index in [4.69, 9.17) is 9.84 Å². The summed E-state index contributed by atoms with van der Waals surface area (Å²) in [4.78, 5) is 13.1. The molecule has 1 fully saturated rings. The minimum absolute atomic E-state index is 0.00797. The normalized spacial score (nSPS) is 17.8. The first-order valence-corrected chi connectivity index (χ1v) is 7.52. The van der Waals surface area contributed by atoms with Crippen molar-refractivity contribution < 1.29 is 23.1 Å². The molecule has 0 radical (unpaired) electrons. The van der Waals surface area contributed by atoms with Crippen LogP contribution in [0.5, 0.6) is 0 Å². The zero-order chi connectivity index (χ0) is 13.2. The Kier molecular flexibility index (Phi) is 3.97. The highest BCUT2D eigenvalue weighted by Gasteiger charge is 2.22. The predicted octanol–water partition coefficient (Wildman–Crippen LogP) is -0.0282. The van der Waals surface area contributed by atoms with Crippen LogP contribution in [0.1, 0.15) is 10.4 Å². The number of sulfonamides is 1. The Morgan fingerprint density at radius 2 is 2.11 bits per heavy atom. The number of nitrogens with one attached hydrogen (secondary N) is 1. The number of carboxylic acid groups (broad SMARTS) is 1. The first-order valence-electron chi connectivity index (χ1n) is 5.16. The van der Waals surface area contributed by atoms with Gasteiger partial charge in [0.15, 0.2) is 0 Å². The van der Waals surface area contributed by atoms with Crippen molar-refractivity contribution in [1.29, 1.82) is 0 Å². The van der Waals surface area contributed by atoms with Crippen molar-refractivity contribution >= 4 is 27.3 Å². The van der Waals surface area contributed by atoms with Gasteiger partial charge in [0.2, 0.25) is 0 Å². The number of hydrogen-bond acceptors (Lipinski definition) is 6. The topological polar surface area (TPSA) is 95.9 Å². The quantitative estimate of drug-likeness (QED) is 0.809. The number of hydrazine groups is 1. The summed E-state index contributed by atoms with van der Waals surface area (Å²) < 4.78 is 29.0. The van der Waals surface area contributed by atoms with Crippen molar-refractivity contribution in [1.82, 2.24) is 9.84 Å². The molecular formula is C9H12N2O5S2. The molecule has 0 aliphatic carbocycles. The highest BCUT2D eigenvalue weighted by atomic mass is 32.2. The monoisotopic (exact) mass is 292 g/mol. The molecule has 18 heavy (non-hydrogen) atoms. The fourth-order valence-electron chi connectivity index (χ4n) is 1.44. The van der Waals surface area contributed by atoms with E-state index in [2.05, 4.69) is 4.83 Å². The van der Waals surface area contributed by atoms with Gasteiger partial charge >= 0.3 is 5.97 Å². The van der Waals surface area contributed by atoms with Gasteiger partial charge in [-0.25, -0.2) is 18.2 Å². The smallest absolute Gasteiger partial charge is 0.336 e. The van der Waals surface area contributed by atoms with Crippen LogP contribution in [0, 0.1) is 0 Å². The average molecular weight is 292 g/mol. The molecule has 9 heteroatoms. The lowest BCUT2D eigenvalue weighted by molar-refractivity contribution is 0.0272. The Morgan fingerprint density at radius 1 is 1.44 bits per heavy atom. The Hall–Kier alpha value is -1.00. The molecule has 0 unspecified atom stereocenters. The summed E-state index contributed by atoms with van der Waals surface area (Å²) >= 11 is 0.884. The van der Waals surface area contributed by atoms with Gasteiger partial charge < -0.3 is 9.84 Å². The van der Waals surface area contributed by atoms with Crippen LogP contribution in [0.3, 0.4) is 0 Å². The van der Waals surface area contributed by atoms with E-state index in [1.165, 1.54) is 5.38 Å². The highest BCUT2D eigenvalue weighted by Crippen LogP contribution is 2.20. The molecule has 2 N–H and O–H groups in total. The van der Waals surface area contributed by atoms with Crippen LogP contribution in [0.4, 0.5) is 0 Å². The largest absolute Gasteiger partial charge is 0.478 e. The second kappa shape index (κ2) is 5.33. The summed E-state index contributed by atoms with van der Waals surface area (Å²) in [7, 11) is -3.70. The highest BCUT2D eigenvalue weighted by molar-refractivity contribution is 7.91. The Balaban J connectivity index is 2.11. The van der Waals surface area contributed by atoms with Gasteiger partial charge in [0, 0.05) is 18.5 Å². The molecule has 0 saturated carbocycles. The Labute approximate surface area is 108 Å². The van der Waals surface area contributed by atoms with Crippen molar-refractivity contribution in [2.24, 2.45) is 0 Å². The zero-order valence-electron chi connectivity index (χ0n) is 9.33. The van der Waals surface area contributed by atoms with E-state index in [0.29, 0.717) is 26.3 Å². The lowest BCUT2D eigenvalue weighted by Crippen LogP contribution is -2.48. The summed E-state index contributed by atoms with van der Waals surface area (Å²) in [6.07, 6.45) is 0. The standard InChI is InChI=1S/C9H12N2O5S2/c12-9(13)7-5-8(17-6-7)18(14,15)10-11-1-3-16-4-2-11/h5-6,10H,1-4H2,(H,12,13). The number of nitrogens with zero attached hydrogens (tertiary/aromatic N) is 1. The van der Waals surface area contributed by atoms with Gasteiger partial charge in [-0.2, -0.15) is 0 Å². The first-order chi connectivity index (χ1) is 8.49. The van der Waals surface area contributed by atoms with Crippen LogP contribution in [0.25, 0.3) is 0 Å². The van der Waals surface area contributed by atoms with Gasteiger partial charge in [-0.05, 0) is 6.07 Å². The van der Waals surface area contributed by atoms with Crippen molar-refractivity contribution in [3.8, 4) is 0 Å². The van der Waals surface area contributed by atoms with E-state index >= 15 is 0 Å². The maximum atomic E-state index is 12.0. The molecule has 1 saturated heterocycles. The third kappa shape index (κ3) is 3.06. The predicted molar refractivity (Wildman–Crippen MR) is 64.0 cm³/mol. The number of morpholine rings is 1. The maximum Gasteiger partial charge on any atom is 0.336 e.